The lowest BCUT2D eigenvalue weighted by Gasteiger charge is -2.21. The summed E-state index contributed by atoms with van der Waals surface area (Å²) in [6.07, 6.45) is 6.12. The van der Waals surface area contributed by atoms with Gasteiger partial charge in [-0.2, -0.15) is 0 Å². The Balaban J connectivity index is 3.04. The third-order valence-electron chi connectivity index (χ3n) is 2.06. The van der Waals surface area contributed by atoms with Crippen LogP contribution >= 0.6 is 0 Å². The minimum Gasteiger partial charge on any atom is -0.475 e. The lowest BCUT2D eigenvalue weighted by atomic mass is 10.1. The van der Waals surface area contributed by atoms with Gasteiger partial charge in [0.25, 0.3) is 0 Å². The summed E-state index contributed by atoms with van der Waals surface area (Å²) in [4.78, 5) is 10.6. The predicted octanol–water partition coefficient (Wildman–Crippen LogP) is 2.60. The van der Waals surface area contributed by atoms with E-state index in [1.807, 2.05) is 13.0 Å². The van der Waals surface area contributed by atoms with Gasteiger partial charge in [-0.1, -0.05) is 18.1 Å². The molecule has 0 aromatic heterocycles. The van der Waals surface area contributed by atoms with Gasteiger partial charge in [0.1, 0.15) is 12.0 Å². The Hall–Kier alpha value is -1.75. The average molecular weight is 202 g/mol. The highest BCUT2D eigenvalue weighted by molar-refractivity contribution is 5.75. The van der Waals surface area contributed by atoms with Crippen molar-refractivity contribution < 1.29 is 9.53 Å². The number of aryl methyl sites for hydroxylation is 1. The van der Waals surface area contributed by atoms with E-state index < -0.39 is 5.60 Å². The fourth-order valence-corrected chi connectivity index (χ4v) is 1.10. The first-order valence-corrected chi connectivity index (χ1v) is 4.71. The zero-order valence-electron chi connectivity index (χ0n) is 9.20. The van der Waals surface area contributed by atoms with Crippen molar-refractivity contribution in [3.63, 3.8) is 0 Å². The van der Waals surface area contributed by atoms with Crippen LogP contribution in [-0.4, -0.2) is 11.9 Å². The van der Waals surface area contributed by atoms with Gasteiger partial charge in [-0.15, -0.1) is 6.42 Å². The Kier molecular flexibility index (Phi) is 3.16. The van der Waals surface area contributed by atoms with E-state index in [4.69, 9.17) is 11.2 Å². The van der Waals surface area contributed by atoms with Gasteiger partial charge in [-0.25, -0.2) is 0 Å². The van der Waals surface area contributed by atoms with Crippen molar-refractivity contribution in [3.05, 3.63) is 29.3 Å². The second kappa shape index (κ2) is 4.18. The van der Waals surface area contributed by atoms with E-state index >= 15 is 0 Å². The van der Waals surface area contributed by atoms with Gasteiger partial charge in [0.2, 0.25) is 0 Å². The SMILES string of the molecule is C#CC(C)(C)Oc1cc(C=O)ccc1C. The summed E-state index contributed by atoms with van der Waals surface area (Å²) in [5.74, 6) is 3.20. The van der Waals surface area contributed by atoms with Crippen LogP contribution in [0.15, 0.2) is 18.2 Å². The molecule has 0 atom stereocenters. The van der Waals surface area contributed by atoms with Crippen LogP contribution in [0.25, 0.3) is 0 Å². The lowest BCUT2D eigenvalue weighted by Crippen LogP contribution is -2.25. The molecule has 0 unspecified atom stereocenters. The summed E-state index contributed by atoms with van der Waals surface area (Å²) < 4.78 is 5.63. The largest absolute Gasteiger partial charge is 0.475 e. The first-order chi connectivity index (χ1) is 6.98. The molecular formula is C13H14O2. The number of carbonyl (C=O) groups is 1. The molecule has 1 aromatic carbocycles. The second-order valence-electron chi connectivity index (χ2n) is 3.90. The van der Waals surface area contributed by atoms with Crippen molar-refractivity contribution in [2.75, 3.05) is 0 Å². The molecule has 0 radical (unpaired) electrons. The molecular weight excluding hydrogens is 188 g/mol. The minimum absolute atomic E-state index is 0.587. The quantitative estimate of drug-likeness (QED) is 0.556. The van der Waals surface area contributed by atoms with Crippen molar-refractivity contribution in [3.8, 4) is 18.1 Å². The van der Waals surface area contributed by atoms with Crippen molar-refractivity contribution in [1.82, 2.24) is 0 Å². The molecule has 15 heavy (non-hydrogen) atoms. The molecule has 0 aliphatic heterocycles. The third kappa shape index (κ3) is 2.85. The van der Waals surface area contributed by atoms with Crippen LogP contribution < -0.4 is 4.74 Å². The summed E-state index contributed by atoms with van der Waals surface area (Å²) in [5, 5.41) is 0. The standard InChI is InChI=1S/C13H14O2/c1-5-13(3,4)15-12-8-11(9-14)7-6-10(12)2/h1,6-9H,2-4H3. The zero-order valence-corrected chi connectivity index (χ0v) is 9.20. The molecule has 78 valence electrons. The zero-order chi connectivity index (χ0) is 11.5. The van der Waals surface area contributed by atoms with E-state index in [0.29, 0.717) is 11.3 Å². The number of hydrogen-bond acceptors (Lipinski definition) is 2. The van der Waals surface area contributed by atoms with Crippen LogP contribution in [0.1, 0.15) is 29.8 Å². The van der Waals surface area contributed by atoms with Gasteiger partial charge >= 0.3 is 0 Å². The molecule has 0 saturated carbocycles. The molecule has 2 heteroatoms. The molecule has 2 nitrogen and oxygen atoms in total. The van der Waals surface area contributed by atoms with E-state index in [1.54, 1.807) is 26.0 Å². The maximum atomic E-state index is 10.6. The molecule has 0 aliphatic rings. The highest BCUT2D eigenvalue weighted by Gasteiger charge is 2.16. The number of benzene rings is 1. The van der Waals surface area contributed by atoms with E-state index in [9.17, 15) is 4.79 Å². The summed E-state index contributed by atoms with van der Waals surface area (Å²) >= 11 is 0. The molecule has 0 fully saturated rings. The smallest absolute Gasteiger partial charge is 0.163 e. The Morgan fingerprint density at radius 2 is 2.13 bits per heavy atom. The summed E-state index contributed by atoms with van der Waals surface area (Å²) in [5.41, 5.74) is 0.888. The first-order valence-electron chi connectivity index (χ1n) is 4.71. The van der Waals surface area contributed by atoms with E-state index in [2.05, 4.69) is 5.92 Å². The predicted molar refractivity (Wildman–Crippen MR) is 60.1 cm³/mol. The average Bonchev–Trinajstić information content (AvgIpc) is 2.21. The fraction of sp³-hybridized carbons (Fsp3) is 0.308. The van der Waals surface area contributed by atoms with Crippen molar-refractivity contribution in [2.24, 2.45) is 0 Å². The van der Waals surface area contributed by atoms with Gasteiger partial charge < -0.3 is 4.74 Å². The monoisotopic (exact) mass is 202 g/mol. The Labute approximate surface area is 90.3 Å². The van der Waals surface area contributed by atoms with Crippen molar-refractivity contribution >= 4 is 6.29 Å². The minimum atomic E-state index is -0.660. The molecule has 1 aromatic rings. The van der Waals surface area contributed by atoms with Crippen LogP contribution in [0.4, 0.5) is 0 Å². The van der Waals surface area contributed by atoms with Crippen LogP contribution in [0.5, 0.6) is 5.75 Å². The normalized spacial score (nSPS) is 10.5. The van der Waals surface area contributed by atoms with Crippen molar-refractivity contribution in [2.45, 2.75) is 26.4 Å². The highest BCUT2D eigenvalue weighted by atomic mass is 16.5. The second-order valence-corrected chi connectivity index (χ2v) is 3.90. The summed E-state index contributed by atoms with van der Waals surface area (Å²) in [7, 11) is 0. The number of hydrogen-bond donors (Lipinski definition) is 0. The van der Waals surface area contributed by atoms with Gasteiger partial charge in [-0.3, -0.25) is 4.79 Å². The number of aldehydes is 1. The topological polar surface area (TPSA) is 26.3 Å². The Bertz CT molecular complexity index is 411. The van der Waals surface area contributed by atoms with Gasteiger partial charge in [-0.05, 0) is 32.4 Å². The molecule has 0 spiro atoms. The molecule has 0 N–H and O–H groups in total. The van der Waals surface area contributed by atoms with Crippen LogP contribution in [0.3, 0.4) is 0 Å². The van der Waals surface area contributed by atoms with E-state index in [0.717, 1.165) is 11.8 Å². The van der Waals surface area contributed by atoms with Crippen LogP contribution in [0, 0.1) is 19.3 Å². The molecule has 0 aliphatic carbocycles. The number of carbonyl (C=O) groups excluding carboxylic acids is 1. The molecule has 1 rings (SSSR count). The number of terminal acetylenes is 1. The van der Waals surface area contributed by atoms with E-state index in [-0.39, 0.29) is 0 Å². The van der Waals surface area contributed by atoms with Crippen LogP contribution in [-0.2, 0) is 0 Å². The summed E-state index contributed by atoms with van der Waals surface area (Å²) in [6, 6.07) is 5.28. The maximum Gasteiger partial charge on any atom is 0.163 e. The Morgan fingerprint density at radius 3 is 2.67 bits per heavy atom. The first kappa shape index (κ1) is 11.3. The molecule has 0 bridgehead atoms. The summed E-state index contributed by atoms with van der Waals surface area (Å²) in [6.45, 7) is 5.52. The van der Waals surface area contributed by atoms with Gasteiger partial charge in [0, 0.05) is 5.56 Å². The van der Waals surface area contributed by atoms with Gasteiger partial charge in [0.05, 0.1) is 0 Å². The van der Waals surface area contributed by atoms with E-state index in [1.165, 1.54) is 0 Å². The maximum absolute atomic E-state index is 10.6. The fourth-order valence-electron chi connectivity index (χ4n) is 1.10. The Morgan fingerprint density at radius 1 is 1.47 bits per heavy atom. The molecule has 0 saturated heterocycles. The molecule has 0 heterocycles. The number of rotatable bonds is 3. The highest BCUT2D eigenvalue weighted by Crippen LogP contribution is 2.23. The number of ether oxygens (including phenoxy) is 1. The third-order valence-corrected chi connectivity index (χ3v) is 2.06. The lowest BCUT2D eigenvalue weighted by molar-refractivity contribution is 0.112. The molecule has 0 amide bonds. The van der Waals surface area contributed by atoms with Gasteiger partial charge in [0.15, 0.2) is 5.60 Å². The van der Waals surface area contributed by atoms with Crippen LogP contribution in [0.2, 0.25) is 0 Å². The van der Waals surface area contributed by atoms with Crippen molar-refractivity contribution in [1.29, 1.82) is 0 Å².